The van der Waals surface area contributed by atoms with Crippen LogP contribution in [0.3, 0.4) is 0 Å². The fourth-order valence-corrected chi connectivity index (χ4v) is 2.43. The number of carbonyl (C=O) groups excluding carboxylic acids is 2. The van der Waals surface area contributed by atoms with Gasteiger partial charge in [-0.05, 0) is 30.3 Å². The molecule has 2 rings (SSSR count). The number of hydrogen-bond donors (Lipinski definition) is 2. The summed E-state index contributed by atoms with van der Waals surface area (Å²) in [6.45, 7) is 3.66. The average Bonchev–Trinajstić information content (AvgIpc) is 2.54. The summed E-state index contributed by atoms with van der Waals surface area (Å²) in [5.74, 6) is 0.0675. The van der Waals surface area contributed by atoms with Gasteiger partial charge in [0.2, 0.25) is 11.8 Å². The van der Waals surface area contributed by atoms with Gasteiger partial charge in [0.15, 0.2) is 0 Å². The van der Waals surface area contributed by atoms with E-state index in [9.17, 15) is 9.59 Å². The van der Waals surface area contributed by atoms with Gasteiger partial charge in [-0.2, -0.15) is 0 Å². The number of nitrogens with zero attached hydrogens (tertiary/aromatic N) is 1. The number of nitrogens with one attached hydrogen (secondary N) is 2. The molecule has 0 aliphatic heterocycles. The van der Waals surface area contributed by atoms with Crippen molar-refractivity contribution in [3.63, 3.8) is 0 Å². The second-order valence-corrected chi connectivity index (χ2v) is 6.29. The number of amides is 2. The van der Waals surface area contributed by atoms with Gasteiger partial charge in [0.05, 0.1) is 5.75 Å². The van der Waals surface area contributed by atoms with E-state index in [1.54, 1.807) is 36.7 Å². The van der Waals surface area contributed by atoms with Gasteiger partial charge in [-0.15, -0.1) is 11.8 Å². The lowest BCUT2D eigenvalue weighted by molar-refractivity contribution is -0.119. The van der Waals surface area contributed by atoms with Crippen molar-refractivity contribution in [2.45, 2.75) is 18.7 Å². The molecule has 2 N–H and O–H groups in total. The molecular weight excluding hydrogens is 310 g/mol. The van der Waals surface area contributed by atoms with Gasteiger partial charge in [-0.25, -0.2) is 0 Å². The Kier molecular flexibility index (Phi) is 6.17. The van der Waals surface area contributed by atoms with Crippen LogP contribution < -0.4 is 10.6 Å². The molecule has 6 heteroatoms. The zero-order valence-corrected chi connectivity index (χ0v) is 13.9. The topological polar surface area (TPSA) is 71.1 Å². The number of thioether (sulfide) groups is 1. The summed E-state index contributed by atoms with van der Waals surface area (Å²) in [6, 6.07) is 10.8. The van der Waals surface area contributed by atoms with Crippen LogP contribution in [0.4, 0.5) is 11.4 Å². The number of pyridine rings is 1. The molecule has 0 spiro atoms. The third kappa shape index (κ3) is 5.75. The Morgan fingerprint density at radius 2 is 1.74 bits per heavy atom. The molecule has 0 aliphatic rings. The highest BCUT2D eigenvalue weighted by Crippen LogP contribution is 2.19. The maximum absolute atomic E-state index is 12.0. The lowest BCUT2D eigenvalue weighted by Crippen LogP contribution is -2.18. The summed E-state index contributed by atoms with van der Waals surface area (Å²) in [6.07, 6.45) is 3.39. The monoisotopic (exact) mass is 329 g/mol. The van der Waals surface area contributed by atoms with Gasteiger partial charge in [0.1, 0.15) is 0 Å². The van der Waals surface area contributed by atoms with Crippen molar-refractivity contribution in [3.05, 3.63) is 48.8 Å². The fraction of sp³-hybridized carbons (Fsp3) is 0.235. The lowest BCUT2D eigenvalue weighted by Gasteiger charge is -2.10. The molecule has 2 amide bonds. The molecular formula is C17H19N3O2S. The predicted molar refractivity (Wildman–Crippen MR) is 93.5 cm³/mol. The second-order valence-electron chi connectivity index (χ2n) is 5.24. The van der Waals surface area contributed by atoms with Crippen molar-refractivity contribution in [1.29, 1.82) is 0 Å². The van der Waals surface area contributed by atoms with Gasteiger partial charge < -0.3 is 10.6 Å². The van der Waals surface area contributed by atoms with Crippen LogP contribution in [0.5, 0.6) is 0 Å². The molecule has 0 saturated heterocycles. The third-order valence-corrected chi connectivity index (χ3v) is 3.97. The Morgan fingerprint density at radius 3 is 2.39 bits per heavy atom. The van der Waals surface area contributed by atoms with Gasteiger partial charge in [0, 0.05) is 34.6 Å². The van der Waals surface area contributed by atoms with E-state index >= 15 is 0 Å². The van der Waals surface area contributed by atoms with E-state index in [1.807, 2.05) is 26.0 Å². The Labute approximate surface area is 139 Å². The van der Waals surface area contributed by atoms with Crippen LogP contribution in [0.15, 0.2) is 53.7 Å². The first-order valence-electron chi connectivity index (χ1n) is 7.28. The molecule has 0 radical (unpaired) electrons. The van der Waals surface area contributed by atoms with E-state index in [0.29, 0.717) is 17.1 Å². The highest BCUT2D eigenvalue weighted by molar-refractivity contribution is 8.00. The van der Waals surface area contributed by atoms with Crippen molar-refractivity contribution >= 4 is 35.0 Å². The molecule has 0 atom stereocenters. The van der Waals surface area contributed by atoms with Crippen LogP contribution in [0.1, 0.15) is 13.8 Å². The minimum atomic E-state index is -0.0980. The largest absolute Gasteiger partial charge is 0.326 e. The summed E-state index contributed by atoms with van der Waals surface area (Å²) in [5, 5.41) is 5.64. The normalized spacial score (nSPS) is 10.4. The summed E-state index contributed by atoms with van der Waals surface area (Å²) in [5.41, 5.74) is 1.33. The SMILES string of the molecule is CC(C)C(=O)Nc1cccc(NC(=O)CSc2ccncc2)c1. The highest BCUT2D eigenvalue weighted by Gasteiger charge is 2.08. The highest BCUT2D eigenvalue weighted by atomic mass is 32.2. The molecule has 1 aromatic heterocycles. The molecule has 0 bridgehead atoms. The number of aromatic nitrogens is 1. The van der Waals surface area contributed by atoms with Crippen LogP contribution in [0.25, 0.3) is 0 Å². The zero-order valence-electron chi connectivity index (χ0n) is 13.1. The van der Waals surface area contributed by atoms with Crippen molar-refractivity contribution in [1.82, 2.24) is 4.98 Å². The van der Waals surface area contributed by atoms with E-state index in [-0.39, 0.29) is 17.7 Å². The first kappa shape index (κ1) is 17.0. The molecule has 0 saturated carbocycles. The Bertz CT molecular complexity index is 675. The van der Waals surface area contributed by atoms with Crippen molar-refractivity contribution in [2.24, 2.45) is 5.92 Å². The van der Waals surface area contributed by atoms with E-state index in [1.165, 1.54) is 11.8 Å². The molecule has 0 aliphatic carbocycles. The molecule has 0 unspecified atom stereocenters. The van der Waals surface area contributed by atoms with Gasteiger partial charge in [-0.1, -0.05) is 19.9 Å². The molecule has 1 aromatic carbocycles. The molecule has 2 aromatic rings. The first-order valence-corrected chi connectivity index (χ1v) is 8.27. The minimum Gasteiger partial charge on any atom is -0.326 e. The quantitative estimate of drug-likeness (QED) is 0.797. The molecule has 23 heavy (non-hydrogen) atoms. The minimum absolute atomic E-state index is 0.0540. The summed E-state index contributed by atoms with van der Waals surface area (Å²) in [7, 11) is 0. The van der Waals surface area contributed by atoms with Crippen LogP contribution >= 0.6 is 11.8 Å². The fourth-order valence-electron chi connectivity index (χ4n) is 1.74. The standard InChI is InChI=1S/C17H19N3O2S/c1-12(2)17(22)20-14-5-3-4-13(10-14)19-16(21)11-23-15-6-8-18-9-7-15/h3-10,12H,11H2,1-2H3,(H,19,21)(H,20,22). The number of carbonyl (C=O) groups is 2. The van der Waals surface area contributed by atoms with Crippen molar-refractivity contribution in [2.75, 3.05) is 16.4 Å². The lowest BCUT2D eigenvalue weighted by atomic mass is 10.2. The smallest absolute Gasteiger partial charge is 0.234 e. The van der Waals surface area contributed by atoms with Crippen LogP contribution in [-0.4, -0.2) is 22.6 Å². The van der Waals surface area contributed by atoms with E-state index < -0.39 is 0 Å². The Morgan fingerprint density at radius 1 is 1.09 bits per heavy atom. The zero-order chi connectivity index (χ0) is 16.7. The third-order valence-electron chi connectivity index (χ3n) is 2.96. The van der Waals surface area contributed by atoms with Crippen LogP contribution in [-0.2, 0) is 9.59 Å². The van der Waals surface area contributed by atoms with Gasteiger partial charge in [0.25, 0.3) is 0 Å². The second kappa shape index (κ2) is 8.33. The summed E-state index contributed by atoms with van der Waals surface area (Å²) >= 11 is 1.44. The predicted octanol–water partition coefficient (Wildman–Crippen LogP) is 3.41. The molecule has 1 heterocycles. The Hall–Kier alpha value is -2.34. The van der Waals surface area contributed by atoms with Gasteiger partial charge in [-0.3, -0.25) is 14.6 Å². The summed E-state index contributed by atoms with van der Waals surface area (Å²) in [4.78, 5) is 28.6. The molecule has 120 valence electrons. The maximum atomic E-state index is 12.0. The van der Waals surface area contributed by atoms with Crippen LogP contribution in [0, 0.1) is 5.92 Å². The van der Waals surface area contributed by atoms with E-state index in [4.69, 9.17) is 0 Å². The number of anilines is 2. The number of benzene rings is 1. The summed E-state index contributed by atoms with van der Waals surface area (Å²) < 4.78 is 0. The van der Waals surface area contributed by atoms with E-state index in [2.05, 4.69) is 15.6 Å². The van der Waals surface area contributed by atoms with Gasteiger partial charge >= 0.3 is 0 Å². The van der Waals surface area contributed by atoms with Crippen LogP contribution in [0.2, 0.25) is 0 Å². The first-order chi connectivity index (χ1) is 11.0. The number of hydrogen-bond acceptors (Lipinski definition) is 4. The average molecular weight is 329 g/mol. The number of rotatable bonds is 6. The van der Waals surface area contributed by atoms with Crippen molar-refractivity contribution < 1.29 is 9.59 Å². The van der Waals surface area contributed by atoms with Crippen molar-refractivity contribution in [3.8, 4) is 0 Å². The Balaban J connectivity index is 1.89. The molecule has 0 fully saturated rings. The maximum Gasteiger partial charge on any atom is 0.234 e. The molecule has 5 nitrogen and oxygen atoms in total. The van der Waals surface area contributed by atoms with E-state index in [0.717, 1.165) is 4.90 Å².